The molecule has 1 aromatic rings. The molecule has 3 heteroatoms. The number of phenolic OH excluding ortho intramolecular Hbond substituents is 1. The van der Waals surface area contributed by atoms with Crippen molar-refractivity contribution in [3.8, 4) is 5.75 Å². The summed E-state index contributed by atoms with van der Waals surface area (Å²) in [5, 5.41) is 19.4. The molecule has 3 unspecified atom stereocenters. The van der Waals surface area contributed by atoms with Gasteiger partial charge in [0, 0.05) is 11.3 Å². The highest BCUT2D eigenvalue weighted by atomic mass is 16.5. The molecule has 3 rings (SSSR count). The summed E-state index contributed by atoms with van der Waals surface area (Å²) in [6, 6.07) is 7.40. The van der Waals surface area contributed by atoms with E-state index in [9.17, 15) is 10.2 Å². The summed E-state index contributed by atoms with van der Waals surface area (Å²) in [6.07, 6.45) is 7.94. The first-order chi connectivity index (χ1) is 11.5. The van der Waals surface area contributed by atoms with Gasteiger partial charge >= 0.3 is 0 Å². The largest absolute Gasteiger partial charge is 0.508 e. The van der Waals surface area contributed by atoms with E-state index in [1.54, 1.807) is 12.1 Å². The van der Waals surface area contributed by atoms with Gasteiger partial charge in [0.05, 0.1) is 19.3 Å². The van der Waals surface area contributed by atoms with E-state index in [4.69, 9.17) is 4.74 Å². The summed E-state index contributed by atoms with van der Waals surface area (Å²) < 4.78 is 6.24. The lowest BCUT2D eigenvalue weighted by Gasteiger charge is -2.47. The number of ether oxygens (including phenoxy) is 1. The number of hydrogen-bond donors (Lipinski definition) is 2. The zero-order valence-corrected chi connectivity index (χ0v) is 14.9. The van der Waals surface area contributed by atoms with E-state index >= 15 is 0 Å². The number of allylic oxidation sites excluding steroid dienone is 1. The fraction of sp³-hybridized carbons (Fsp3) is 0.619. The lowest BCUT2D eigenvalue weighted by atomic mass is 9.65. The minimum atomic E-state index is -0.0976. The Kier molecular flexibility index (Phi) is 5.31. The van der Waals surface area contributed by atoms with Crippen molar-refractivity contribution < 1.29 is 14.9 Å². The van der Waals surface area contributed by atoms with Gasteiger partial charge in [0.25, 0.3) is 0 Å². The molecule has 1 heterocycles. The average Bonchev–Trinajstić information content (AvgIpc) is 2.58. The van der Waals surface area contributed by atoms with E-state index in [-0.39, 0.29) is 23.9 Å². The fourth-order valence-electron chi connectivity index (χ4n) is 4.15. The maximum absolute atomic E-state index is 9.88. The van der Waals surface area contributed by atoms with Gasteiger partial charge in [-0.1, -0.05) is 44.1 Å². The Morgan fingerprint density at radius 3 is 2.67 bits per heavy atom. The monoisotopic (exact) mass is 330 g/mol. The molecular weight excluding hydrogens is 300 g/mol. The first-order valence-electron chi connectivity index (χ1n) is 9.23. The third-order valence-electron chi connectivity index (χ3n) is 5.66. The molecule has 132 valence electrons. The Morgan fingerprint density at radius 2 is 2.00 bits per heavy atom. The van der Waals surface area contributed by atoms with Crippen LogP contribution in [0, 0.1) is 17.3 Å². The number of aliphatic hydroxyl groups is 1. The summed E-state index contributed by atoms with van der Waals surface area (Å²) in [5.74, 6) is 1.37. The minimum absolute atomic E-state index is 0.0378. The molecule has 1 saturated heterocycles. The van der Waals surface area contributed by atoms with Crippen molar-refractivity contribution in [1.29, 1.82) is 0 Å². The van der Waals surface area contributed by atoms with Crippen molar-refractivity contribution in [2.45, 2.75) is 52.1 Å². The standard InChI is InChI=1S/C21H30O3/c1-15(2)4-3-5-16-10-11-21(13-22)12-19(16)20(24-14-21)17-6-8-18(23)9-7-17/h6-10,15,19-20,22-23H,3-5,11-14H2,1-2H3. The smallest absolute Gasteiger partial charge is 0.115 e. The van der Waals surface area contributed by atoms with Crippen LogP contribution in [0.3, 0.4) is 0 Å². The molecule has 0 amide bonds. The van der Waals surface area contributed by atoms with Crippen LogP contribution in [-0.4, -0.2) is 23.4 Å². The topological polar surface area (TPSA) is 49.7 Å². The predicted octanol–water partition coefficient (Wildman–Crippen LogP) is 4.60. The lowest BCUT2D eigenvalue weighted by molar-refractivity contribution is -0.114. The van der Waals surface area contributed by atoms with Crippen LogP contribution in [-0.2, 0) is 4.74 Å². The van der Waals surface area contributed by atoms with Crippen LogP contribution in [0.5, 0.6) is 5.75 Å². The van der Waals surface area contributed by atoms with Gasteiger partial charge < -0.3 is 14.9 Å². The molecule has 3 nitrogen and oxygen atoms in total. The molecular formula is C21H30O3. The molecule has 2 aliphatic rings. The highest BCUT2D eigenvalue weighted by molar-refractivity contribution is 5.31. The molecule has 1 aromatic carbocycles. The van der Waals surface area contributed by atoms with E-state index in [1.807, 2.05) is 12.1 Å². The molecule has 0 spiro atoms. The number of phenols is 1. The zero-order chi connectivity index (χ0) is 17.2. The Labute approximate surface area is 145 Å². The Hall–Kier alpha value is -1.32. The maximum Gasteiger partial charge on any atom is 0.115 e. The van der Waals surface area contributed by atoms with Crippen LogP contribution in [0.25, 0.3) is 0 Å². The molecule has 2 bridgehead atoms. The summed E-state index contributed by atoms with van der Waals surface area (Å²) >= 11 is 0. The van der Waals surface area contributed by atoms with Gasteiger partial charge in [0.2, 0.25) is 0 Å². The van der Waals surface area contributed by atoms with Crippen LogP contribution in [0.15, 0.2) is 35.9 Å². The van der Waals surface area contributed by atoms with Crippen LogP contribution in [0.2, 0.25) is 0 Å². The number of hydrogen-bond acceptors (Lipinski definition) is 3. The summed E-state index contributed by atoms with van der Waals surface area (Å²) in [6.45, 7) is 5.35. The quantitative estimate of drug-likeness (QED) is 0.749. The van der Waals surface area contributed by atoms with E-state index in [0.717, 1.165) is 30.7 Å². The molecule has 1 fully saturated rings. The highest BCUT2D eigenvalue weighted by Crippen LogP contribution is 2.51. The van der Waals surface area contributed by atoms with E-state index in [2.05, 4.69) is 19.9 Å². The molecule has 2 N–H and O–H groups in total. The second-order valence-electron chi connectivity index (χ2n) is 8.06. The molecule has 0 aromatic heterocycles. The number of rotatable bonds is 6. The first kappa shape index (κ1) is 17.5. The van der Waals surface area contributed by atoms with Gasteiger partial charge in [0.1, 0.15) is 5.75 Å². The fourth-order valence-corrected chi connectivity index (χ4v) is 4.15. The predicted molar refractivity (Wildman–Crippen MR) is 95.8 cm³/mol. The van der Waals surface area contributed by atoms with Crippen LogP contribution in [0.1, 0.15) is 57.6 Å². The van der Waals surface area contributed by atoms with Gasteiger partial charge in [-0.05, 0) is 49.3 Å². The van der Waals surface area contributed by atoms with E-state index < -0.39 is 0 Å². The summed E-state index contributed by atoms with van der Waals surface area (Å²) in [4.78, 5) is 0. The van der Waals surface area contributed by atoms with Gasteiger partial charge in [-0.25, -0.2) is 0 Å². The van der Waals surface area contributed by atoms with E-state index in [0.29, 0.717) is 12.5 Å². The number of benzene rings is 1. The van der Waals surface area contributed by atoms with Crippen molar-refractivity contribution in [2.24, 2.45) is 17.3 Å². The van der Waals surface area contributed by atoms with Crippen LogP contribution < -0.4 is 0 Å². The van der Waals surface area contributed by atoms with Gasteiger partial charge in [-0.3, -0.25) is 0 Å². The maximum atomic E-state index is 9.88. The van der Waals surface area contributed by atoms with E-state index in [1.165, 1.54) is 18.4 Å². The Balaban J connectivity index is 1.80. The lowest BCUT2D eigenvalue weighted by Crippen LogP contribution is -2.43. The van der Waals surface area contributed by atoms with Crippen molar-refractivity contribution in [2.75, 3.05) is 13.2 Å². The van der Waals surface area contributed by atoms with Crippen molar-refractivity contribution in [3.05, 3.63) is 41.5 Å². The first-order valence-corrected chi connectivity index (χ1v) is 9.23. The third-order valence-corrected chi connectivity index (χ3v) is 5.66. The average molecular weight is 330 g/mol. The second-order valence-corrected chi connectivity index (χ2v) is 8.06. The highest BCUT2D eigenvalue weighted by Gasteiger charge is 2.45. The Bertz CT molecular complexity index is 575. The minimum Gasteiger partial charge on any atom is -0.508 e. The number of aliphatic hydroxyl groups excluding tert-OH is 1. The van der Waals surface area contributed by atoms with Crippen LogP contribution >= 0.6 is 0 Å². The molecule has 1 aliphatic heterocycles. The molecule has 24 heavy (non-hydrogen) atoms. The van der Waals surface area contributed by atoms with Crippen molar-refractivity contribution >= 4 is 0 Å². The van der Waals surface area contributed by atoms with Gasteiger partial charge in [0.15, 0.2) is 0 Å². The van der Waals surface area contributed by atoms with Crippen LogP contribution in [0.4, 0.5) is 0 Å². The summed E-state index contributed by atoms with van der Waals surface area (Å²) in [5.41, 5.74) is 2.53. The molecule has 0 saturated carbocycles. The SMILES string of the molecule is CC(C)CCCC1=CCC2(CO)COC(c3ccc(O)cc3)C1C2. The van der Waals surface area contributed by atoms with Gasteiger partial charge in [-0.2, -0.15) is 0 Å². The van der Waals surface area contributed by atoms with Crippen molar-refractivity contribution in [1.82, 2.24) is 0 Å². The van der Waals surface area contributed by atoms with Gasteiger partial charge in [-0.15, -0.1) is 0 Å². The second kappa shape index (κ2) is 7.28. The number of aromatic hydroxyl groups is 1. The van der Waals surface area contributed by atoms with Crippen molar-refractivity contribution in [3.63, 3.8) is 0 Å². The Morgan fingerprint density at radius 1 is 1.25 bits per heavy atom. The molecule has 0 radical (unpaired) electrons. The zero-order valence-electron chi connectivity index (χ0n) is 14.9. The number of fused-ring (bicyclic) bond motifs is 2. The third kappa shape index (κ3) is 3.68. The molecule has 1 aliphatic carbocycles. The summed E-state index contributed by atoms with van der Waals surface area (Å²) in [7, 11) is 0. The normalized spacial score (nSPS) is 29.6. The molecule has 3 atom stereocenters.